The van der Waals surface area contributed by atoms with Crippen LogP contribution in [0, 0.1) is 0 Å². The lowest BCUT2D eigenvalue weighted by Crippen LogP contribution is -1.91. The van der Waals surface area contributed by atoms with Crippen LogP contribution in [0.2, 0.25) is 0 Å². The molecule has 0 unspecified atom stereocenters. The summed E-state index contributed by atoms with van der Waals surface area (Å²) in [6.45, 7) is 0. The highest BCUT2D eigenvalue weighted by molar-refractivity contribution is 7.05. The summed E-state index contributed by atoms with van der Waals surface area (Å²) in [5, 5.41) is 1.01. The smallest absolute Gasteiger partial charge is 0.232 e. The van der Waals surface area contributed by atoms with Gasteiger partial charge in [-0.05, 0) is 23.5 Å². The van der Waals surface area contributed by atoms with Gasteiger partial charge >= 0.3 is 0 Å². The van der Waals surface area contributed by atoms with Crippen molar-refractivity contribution in [2.45, 2.75) is 12.8 Å². The Morgan fingerprint density at radius 2 is 1.93 bits per heavy atom. The molecule has 2 N–H and O–H groups in total. The zero-order valence-corrected chi connectivity index (χ0v) is 8.50. The van der Waals surface area contributed by atoms with Crippen LogP contribution in [0.25, 0.3) is 0 Å². The highest BCUT2D eigenvalue weighted by Crippen LogP contribution is 2.10. The summed E-state index contributed by atoms with van der Waals surface area (Å²) in [5.74, 6) is 0.387. The molecule has 72 valence electrons. The van der Waals surface area contributed by atoms with Gasteiger partial charge in [-0.3, -0.25) is 0 Å². The third kappa shape index (κ3) is 2.29. The zero-order valence-electron chi connectivity index (χ0n) is 7.68. The van der Waals surface area contributed by atoms with Gasteiger partial charge in [0, 0.05) is 6.42 Å². The highest BCUT2D eigenvalue weighted by atomic mass is 32.1. The van der Waals surface area contributed by atoms with Crippen molar-refractivity contribution in [3.8, 4) is 0 Å². The number of nitrogen functional groups attached to an aromatic ring is 1. The minimum absolute atomic E-state index is 0.387. The summed E-state index contributed by atoms with van der Waals surface area (Å²) in [6, 6.07) is 10.3. The summed E-state index contributed by atoms with van der Waals surface area (Å²) < 4.78 is 3.94. The van der Waals surface area contributed by atoms with Crippen molar-refractivity contribution in [3.63, 3.8) is 0 Å². The van der Waals surface area contributed by atoms with Crippen LogP contribution in [0.15, 0.2) is 30.3 Å². The number of rotatable bonds is 3. The molecule has 0 radical (unpaired) electrons. The maximum atomic E-state index is 5.44. The van der Waals surface area contributed by atoms with Gasteiger partial charge < -0.3 is 5.73 Å². The molecule has 14 heavy (non-hydrogen) atoms. The van der Waals surface area contributed by atoms with Crippen molar-refractivity contribution in [1.82, 2.24) is 9.36 Å². The molecule has 1 aromatic carbocycles. The van der Waals surface area contributed by atoms with Crippen LogP contribution in [-0.4, -0.2) is 9.36 Å². The minimum atomic E-state index is 0.387. The Morgan fingerprint density at radius 1 is 1.14 bits per heavy atom. The Balaban J connectivity index is 1.95. The minimum Gasteiger partial charge on any atom is -0.367 e. The maximum Gasteiger partial charge on any atom is 0.232 e. The number of nitrogens with zero attached hydrogens (tertiary/aromatic N) is 2. The number of anilines is 1. The van der Waals surface area contributed by atoms with Crippen molar-refractivity contribution in [3.05, 3.63) is 40.9 Å². The molecule has 0 fully saturated rings. The predicted octanol–water partition coefficient (Wildman–Crippen LogP) is 1.91. The SMILES string of the molecule is Nc1nsc(CCc2ccccc2)n1. The van der Waals surface area contributed by atoms with Gasteiger partial charge in [0.15, 0.2) is 0 Å². The first-order chi connectivity index (χ1) is 6.84. The van der Waals surface area contributed by atoms with Crippen molar-refractivity contribution in [1.29, 1.82) is 0 Å². The first-order valence-electron chi connectivity index (χ1n) is 4.46. The van der Waals surface area contributed by atoms with E-state index in [1.165, 1.54) is 17.1 Å². The Kier molecular flexibility index (Phi) is 2.74. The molecule has 0 spiro atoms. The van der Waals surface area contributed by atoms with Crippen LogP contribution in [-0.2, 0) is 12.8 Å². The van der Waals surface area contributed by atoms with E-state index >= 15 is 0 Å². The average molecular weight is 205 g/mol. The van der Waals surface area contributed by atoms with E-state index in [9.17, 15) is 0 Å². The third-order valence-corrected chi connectivity index (χ3v) is 2.74. The monoisotopic (exact) mass is 205 g/mol. The van der Waals surface area contributed by atoms with E-state index in [4.69, 9.17) is 5.73 Å². The number of nitrogens with two attached hydrogens (primary N) is 1. The lowest BCUT2D eigenvalue weighted by molar-refractivity contribution is 0.945. The Labute approximate surface area is 86.8 Å². The van der Waals surface area contributed by atoms with Gasteiger partial charge in [-0.25, -0.2) is 4.98 Å². The molecule has 0 bridgehead atoms. The van der Waals surface area contributed by atoms with Gasteiger partial charge in [0.1, 0.15) is 5.01 Å². The highest BCUT2D eigenvalue weighted by Gasteiger charge is 2.00. The second-order valence-electron chi connectivity index (χ2n) is 3.03. The Bertz CT molecular complexity index is 397. The molecule has 0 atom stereocenters. The van der Waals surface area contributed by atoms with Crippen LogP contribution in [0.5, 0.6) is 0 Å². The number of aryl methyl sites for hydroxylation is 2. The van der Waals surface area contributed by atoms with Gasteiger partial charge in [0.25, 0.3) is 0 Å². The molecular weight excluding hydrogens is 194 g/mol. The summed E-state index contributed by atoms with van der Waals surface area (Å²) in [6.07, 6.45) is 1.91. The van der Waals surface area contributed by atoms with Crippen molar-refractivity contribution >= 4 is 17.5 Å². The average Bonchev–Trinajstić information content (AvgIpc) is 2.63. The fourth-order valence-corrected chi connectivity index (χ4v) is 1.83. The van der Waals surface area contributed by atoms with Gasteiger partial charge in [0.2, 0.25) is 5.95 Å². The maximum absolute atomic E-state index is 5.44. The number of hydrogen-bond donors (Lipinski definition) is 1. The fraction of sp³-hybridized carbons (Fsp3) is 0.200. The van der Waals surface area contributed by atoms with Gasteiger partial charge in [-0.15, -0.1) is 0 Å². The zero-order chi connectivity index (χ0) is 9.80. The molecule has 0 saturated carbocycles. The van der Waals surface area contributed by atoms with Crippen molar-refractivity contribution < 1.29 is 0 Å². The number of benzene rings is 1. The van der Waals surface area contributed by atoms with Crippen LogP contribution in [0.1, 0.15) is 10.6 Å². The molecule has 0 saturated heterocycles. The quantitative estimate of drug-likeness (QED) is 0.832. The van der Waals surface area contributed by atoms with Gasteiger partial charge in [-0.1, -0.05) is 30.3 Å². The molecule has 4 heteroatoms. The molecule has 3 nitrogen and oxygen atoms in total. The summed E-state index contributed by atoms with van der Waals surface area (Å²) >= 11 is 1.38. The molecular formula is C10H11N3S. The molecule has 0 aliphatic heterocycles. The molecule has 1 heterocycles. The van der Waals surface area contributed by atoms with E-state index in [1.807, 2.05) is 18.2 Å². The molecule has 2 aromatic rings. The molecule has 0 amide bonds. The van der Waals surface area contributed by atoms with E-state index < -0.39 is 0 Å². The second-order valence-corrected chi connectivity index (χ2v) is 3.87. The van der Waals surface area contributed by atoms with E-state index in [0.29, 0.717) is 5.95 Å². The third-order valence-electron chi connectivity index (χ3n) is 1.95. The Hall–Kier alpha value is -1.42. The van der Waals surface area contributed by atoms with Crippen LogP contribution >= 0.6 is 11.5 Å². The predicted molar refractivity (Wildman–Crippen MR) is 58.2 cm³/mol. The van der Waals surface area contributed by atoms with Crippen LogP contribution in [0.4, 0.5) is 5.95 Å². The second kappa shape index (κ2) is 4.19. The first kappa shape index (κ1) is 9.15. The number of hydrogen-bond acceptors (Lipinski definition) is 4. The largest absolute Gasteiger partial charge is 0.367 e. The van der Waals surface area contributed by atoms with Crippen LogP contribution in [0.3, 0.4) is 0 Å². The fourth-order valence-electron chi connectivity index (χ4n) is 1.27. The van der Waals surface area contributed by atoms with Gasteiger partial charge in [-0.2, -0.15) is 4.37 Å². The molecule has 0 aliphatic carbocycles. The van der Waals surface area contributed by atoms with Gasteiger partial charge in [0.05, 0.1) is 0 Å². The normalized spacial score (nSPS) is 10.3. The van der Waals surface area contributed by atoms with E-state index in [-0.39, 0.29) is 0 Å². The summed E-state index contributed by atoms with van der Waals surface area (Å²) in [5.41, 5.74) is 6.76. The van der Waals surface area contributed by atoms with Crippen LogP contribution < -0.4 is 5.73 Å². The van der Waals surface area contributed by atoms with E-state index in [0.717, 1.165) is 17.8 Å². The summed E-state index contributed by atoms with van der Waals surface area (Å²) in [7, 11) is 0. The van der Waals surface area contributed by atoms with Crippen molar-refractivity contribution in [2.24, 2.45) is 0 Å². The van der Waals surface area contributed by atoms with E-state index in [2.05, 4.69) is 21.5 Å². The lowest BCUT2D eigenvalue weighted by Gasteiger charge is -1.96. The molecule has 1 aromatic heterocycles. The summed E-state index contributed by atoms with van der Waals surface area (Å²) in [4.78, 5) is 4.11. The van der Waals surface area contributed by atoms with Crippen molar-refractivity contribution in [2.75, 3.05) is 5.73 Å². The Morgan fingerprint density at radius 3 is 2.57 bits per heavy atom. The topological polar surface area (TPSA) is 51.8 Å². The molecule has 0 aliphatic rings. The standard InChI is InChI=1S/C10H11N3S/c11-10-12-9(14-13-10)7-6-8-4-2-1-3-5-8/h1-5H,6-7H2,(H2,11,13). The first-order valence-corrected chi connectivity index (χ1v) is 5.24. The lowest BCUT2D eigenvalue weighted by atomic mass is 10.1. The molecule has 2 rings (SSSR count). The number of aromatic nitrogens is 2. The van der Waals surface area contributed by atoms with E-state index in [1.54, 1.807) is 0 Å².